The van der Waals surface area contributed by atoms with Crippen molar-refractivity contribution >= 4 is 11.8 Å². The first-order chi connectivity index (χ1) is 6.99. The SMILES string of the molecule is CCNCCC(=O)N(C)CC(=O)N(C)C. The Bertz CT molecular complexity index is 217. The van der Waals surface area contributed by atoms with E-state index in [0.29, 0.717) is 13.0 Å². The molecular formula is C10H21N3O2. The molecule has 0 fully saturated rings. The molecule has 5 heteroatoms. The van der Waals surface area contributed by atoms with Crippen LogP contribution in [0.1, 0.15) is 13.3 Å². The summed E-state index contributed by atoms with van der Waals surface area (Å²) in [5.74, 6) is -0.0690. The minimum atomic E-state index is -0.0608. The summed E-state index contributed by atoms with van der Waals surface area (Å²) in [6, 6.07) is 0. The van der Waals surface area contributed by atoms with Gasteiger partial charge < -0.3 is 15.1 Å². The van der Waals surface area contributed by atoms with E-state index in [1.165, 1.54) is 9.80 Å². The Morgan fingerprint density at radius 2 is 1.73 bits per heavy atom. The van der Waals surface area contributed by atoms with Gasteiger partial charge in [-0.25, -0.2) is 0 Å². The molecule has 0 aromatic rings. The van der Waals surface area contributed by atoms with Crippen LogP contribution in [0, 0.1) is 0 Å². The average molecular weight is 215 g/mol. The molecule has 0 unspecified atom stereocenters. The van der Waals surface area contributed by atoms with E-state index in [2.05, 4.69) is 5.32 Å². The molecule has 0 saturated heterocycles. The Morgan fingerprint density at radius 3 is 2.20 bits per heavy atom. The maximum atomic E-state index is 11.5. The number of likely N-dealkylation sites (N-methyl/N-ethyl adjacent to an activating group) is 2. The van der Waals surface area contributed by atoms with Gasteiger partial charge in [-0.15, -0.1) is 0 Å². The van der Waals surface area contributed by atoms with E-state index in [1.54, 1.807) is 21.1 Å². The highest BCUT2D eigenvalue weighted by atomic mass is 16.2. The van der Waals surface area contributed by atoms with Crippen molar-refractivity contribution in [2.75, 3.05) is 40.8 Å². The Balaban J connectivity index is 3.83. The number of carbonyl (C=O) groups excluding carboxylic acids is 2. The van der Waals surface area contributed by atoms with Crippen molar-refractivity contribution in [1.82, 2.24) is 15.1 Å². The topological polar surface area (TPSA) is 52.7 Å². The molecule has 88 valence electrons. The van der Waals surface area contributed by atoms with Crippen molar-refractivity contribution in [1.29, 1.82) is 0 Å². The fourth-order valence-corrected chi connectivity index (χ4v) is 0.995. The minimum Gasteiger partial charge on any atom is -0.347 e. The van der Waals surface area contributed by atoms with Crippen LogP contribution < -0.4 is 5.32 Å². The molecule has 15 heavy (non-hydrogen) atoms. The second-order valence-electron chi connectivity index (χ2n) is 3.64. The van der Waals surface area contributed by atoms with E-state index >= 15 is 0 Å². The third kappa shape index (κ3) is 6.06. The molecule has 0 aromatic heterocycles. The molecular weight excluding hydrogens is 194 g/mol. The molecule has 0 radical (unpaired) electrons. The van der Waals surface area contributed by atoms with Crippen LogP contribution in [-0.2, 0) is 9.59 Å². The monoisotopic (exact) mass is 215 g/mol. The Labute approximate surface area is 91.4 Å². The van der Waals surface area contributed by atoms with E-state index in [0.717, 1.165) is 6.54 Å². The van der Waals surface area contributed by atoms with Crippen molar-refractivity contribution in [3.05, 3.63) is 0 Å². The predicted octanol–water partition coefficient (Wildman–Crippen LogP) is -0.467. The zero-order chi connectivity index (χ0) is 11.8. The van der Waals surface area contributed by atoms with Gasteiger partial charge in [0.15, 0.2) is 0 Å². The number of rotatable bonds is 6. The van der Waals surface area contributed by atoms with E-state index in [9.17, 15) is 9.59 Å². The number of carbonyl (C=O) groups is 2. The lowest BCUT2D eigenvalue weighted by atomic mass is 10.3. The summed E-state index contributed by atoms with van der Waals surface area (Å²) in [5.41, 5.74) is 0. The lowest BCUT2D eigenvalue weighted by Gasteiger charge is -2.19. The number of amides is 2. The average Bonchev–Trinajstić information content (AvgIpc) is 2.17. The molecule has 0 saturated carbocycles. The maximum absolute atomic E-state index is 11.5. The molecule has 0 aromatic carbocycles. The van der Waals surface area contributed by atoms with Gasteiger partial charge in [0, 0.05) is 34.1 Å². The van der Waals surface area contributed by atoms with Crippen molar-refractivity contribution in [2.45, 2.75) is 13.3 Å². The maximum Gasteiger partial charge on any atom is 0.241 e. The van der Waals surface area contributed by atoms with Gasteiger partial charge >= 0.3 is 0 Å². The van der Waals surface area contributed by atoms with Crippen molar-refractivity contribution < 1.29 is 9.59 Å². The molecule has 0 rings (SSSR count). The lowest BCUT2D eigenvalue weighted by Crippen LogP contribution is -2.38. The second kappa shape index (κ2) is 7.23. The van der Waals surface area contributed by atoms with Crippen LogP contribution in [0.5, 0.6) is 0 Å². The second-order valence-corrected chi connectivity index (χ2v) is 3.64. The van der Waals surface area contributed by atoms with E-state index in [-0.39, 0.29) is 18.4 Å². The van der Waals surface area contributed by atoms with Gasteiger partial charge in [0.2, 0.25) is 11.8 Å². The number of hydrogen-bond donors (Lipinski definition) is 1. The molecule has 0 aliphatic rings. The summed E-state index contributed by atoms with van der Waals surface area (Å²) in [4.78, 5) is 25.7. The zero-order valence-electron chi connectivity index (χ0n) is 10.0. The highest BCUT2D eigenvalue weighted by Crippen LogP contribution is 1.91. The summed E-state index contributed by atoms with van der Waals surface area (Å²) >= 11 is 0. The van der Waals surface area contributed by atoms with Crippen LogP contribution in [0.15, 0.2) is 0 Å². The van der Waals surface area contributed by atoms with Gasteiger partial charge in [0.1, 0.15) is 0 Å². The first-order valence-corrected chi connectivity index (χ1v) is 5.13. The van der Waals surface area contributed by atoms with Crippen molar-refractivity contribution in [3.63, 3.8) is 0 Å². The lowest BCUT2D eigenvalue weighted by molar-refractivity contribution is -0.137. The fourth-order valence-electron chi connectivity index (χ4n) is 0.995. The fraction of sp³-hybridized carbons (Fsp3) is 0.800. The summed E-state index contributed by atoms with van der Waals surface area (Å²) in [7, 11) is 5.01. The highest BCUT2D eigenvalue weighted by Gasteiger charge is 2.13. The molecule has 0 spiro atoms. The summed E-state index contributed by atoms with van der Waals surface area (Å²) in [6.07, 6.45) is 0.436. The molecule has 5 nitrogen and oxygen atoms in total. The minimum absolute atomic E-state index is 0.00819. The zero-order valence-corrected chi connectivity index (χ0v) is 10.0. The van der Waals surface area contributed by atoms with Gasteiger partial charge in [-0.1, -0.05) is 6.92 Å². The Hall–Kier alpha value is -1.10. The highest BCUT2D eigenvalue weighted by molar-refractivity contribution is 5.84. The quantitative estimate of drug-likeness (QED) is 0.610. The van der Waals surface area contributed by atoms with Crippen LogP contribution in [0.2, 0.25) is 0 Å². The Morgan fingerprint density at radius 1 is 1.13 bits per heavy atom. The summed E-state index contributed by atoms with van der Waals surface area (Å²) < 4.78 is 0. The van der Waals surface area contributed by atoms with Crippen LogP contribution in [0.4, 0.5) is 0 Å². The van der Waals surface area contributed by atoms with Gasteiger partial charge in [-0.3, -0.25) is 9.59 Å². The van der Waals surface area contributed by atoms with Gasteiger partial charge in [-0.2, -0.15) is 0 Å². The predicted molar refractivity (Wildman–Crippen MR) is 59.5 cm³/mol. The molecule has 2 amide bonds. The van der Waals surface area contributed by atoms with Crippen molar-refractivity contribution in [3.8, 4) is 0 Å². The summed E-state index contributed by atoms with van der Waals surface area (Å²) in [6.45, 7) is 3.66. The van der Waals surface area contributed by atoms with E-state index < -0.39 is 0 Å². The first kappa shape index (κ1) is 13.9. The molecule has 0 bridgehead atoms. The smallest absolute Gasteiger partial charge is 0.241 e. The van der Waals surface area contributed by atoms with Crippen LogP contribution in [0.25, 0.3) is 0 Å². The molecule has 0 aliphatic heterocycles. The largest absolute Gasteiger partial charge is 0.347 e. The third-order valence-electron chi connectivity index (χ3n) is 2.06. The van der Waals surface area contributed by atoms with Gasteiger partial charge in [-0.05, 0) is 6.54 Å². The van der Waals surface area contributed by atoms with Gasteiger partial charge in [0.05, 0.1) is 6.54 Å². The normalized spacial score (nSPS) is 9.87. The van der Waals surface area contributed by atoms with Crippen LogP contribution in [0.3, 0.4) is 0 Å². The Kier molecular flexibility index (Phi) is 6.70. The van der Waals surface area contributed by atoms with Crippen LogP contribution >= 0.6 is 0 Å². The van der Waals surface area contributed by atoms with Gasteiger partial charge in [0.25, 0.3) is 0 Å². The molecule has 0 aliphatic carbocycles. The van der Waals surface area contributed by atoms with Crippen LogP contribution in [-0.4, -0.2) is 62.4 Å². The molecule has 0 heterocycles. The number of nitrogens with one attached hydrogen (secondary N) is 1. The number of nitrogens with zero attached hydrogens (tertiary/aromatic N) is 2. The number of hydrogen-bond acceptors (Lipinski definition) is 3. The third-order valence-corrected chi connectivity index (χ3v) is 2.06. The van der Waals surface area contributed by atoms with Crippen molar-refractivity contribution in [2.24, 2.45) is 0 Å². The molecule has 1 N–H and O–H groups in total. The van der Waals surface area contributed by atoms with E-state index in [4.69, 9.17) is 0 Å². The summed E-state index contributed by atoms with van der Waals surface area (Å²) in [5, 5.41) is 3.07. The molecule has 0 atom stereocenters. The standard InChI is InChI=1S/C10H21N3O2/c1-5-11-7-6-9(14)13(4)8-10(15)12(2)3/h11H,5-8H2,1-4H3. The van der Waals surface area contributed by atoms with E-state index in [1.807, 2.05) is 6.92 Å². The first-order valence-electron chi connectivity index (χ1n) is 5.13.